The summed E-state index contributed by atoms with van der Waals surface area (Å²) in [5, 5.41) is 13.3. The van der Waals surface area contributed by atoms with Gasteiger partial charge in [0.25, 0.3) is 0 Å². The highest BCUT2D eigenvalue weighted by Crippen LogP contribution is 2.27. The molecule has 130 valence electrons. The molecule has 1 N–H and O–H groups in total. The summed E-state index contributed by atoms with van der Waals surface area (Å²) in [6.07, 6.45) is 4.30. The van der Waals surface area contributed by atoms with Crippen molar-refractivity contribution in [2.24, 2.45) is 0 Å². The Morgan fingerprint density at radius 1 is 1.12 bits per heavy atom. The average molecular weight is 338 g/mol. The largest absolute Gasteiger partial charge is 0.381 e. The van der Waals surface area contributed by atoms with Crippen molar-refractivity contribution in [1.82, 2.24) is 25.0 Å². The van der Waals surface area contributed by atoms with Crippen LogP contribution in [0.3, 0.4) is 0 Å². The predicted octanol–water partition coefficient (Wildman–Crippen LogP) is 2.58. The third-order valence-electron chi connectivity index (χ3n) is 4.67. The van der Waals surface area contributed by atoms with Gasteiger partial charge in [0.15, 0.2) is 11.6 Å². The van der Waals surface area contributed by atoms with E-state index in [1.54, 1.807) is 7.11 Å². The number of rotatable bonds is 4. The second kappa shape index (κ2) is 6.68. The van der Waals surface area contributed by atoms with Crippen molar-refractivity contribution in [1.29, 1.82) is 0 Å². The molecule has 0 unspecified atom stereocenters. The van der Waals surface area contributed by atoms with Crippen LogP contribution in [0.5, 0.6) is 0 Å². The molecule has 0 atom stereocenters. The fourth-order valence-corrected chi connectivity index (χ4v) is 3.20. The van der Waals surface area contributed by atoms with Crippen molar-refractivity contribution >= 4 is 5.82 Å². The number of piperidine rings is 1. The van der Waals surface area contributed by atoms with Crippen LogP contribution in [-0.4, -0.2) is 51.3 Å². The summed E-state index contributed by atoms with van der Waals surface area (Å²) >= 11 is 0. The molecule has 1 saturated heterocycles. The minimum absolute atomic E-state index is 0.351. The molecule has 0 bridgehead atoms. The number of aryl methyl sites for hydroxylation is 1. The summed E-state index contributed by atoms with van der Waals surface area (Å²) in [5.41, 5.74) is 2.87. The van der Waals surface area contributed by atoms with Crippen LogP contribution >= 0.6 is 0 Å². The minimum Gasteiger partial charge on any atom is -0.381 e. The lowest BCUT2D eigenvalue weighted by Crippen LogP contribution is -2.36. The number of aromatic amines is 1. The van der Waals surface area contributed by atoms with Crippen LogP contribution in [0.2, 0.25) is 0 Å². The molecule has 1 aliphatic heterocycles. The number of ether oxygens (including phenoxy) is 1. The molecule has 0 aliphatic carbocycles. The molecule has 0 aromatic carbocycles. The number of hydrogen-bond acceptors (Lipinski definition) is 5. The molecular formula is C18H22N6O. The number of anilines is 1. The van der Waals surface area contributed by atoms with Gasteiger partial charge in [-0.25, -0.2) is 4.68 Å². The van der Waals surface area contributed by atoms with Crippen LogP contribution in [0.4, 0.5) is 5.82 Å². The van der Waals surface area contributed by atoms with E-state index in [1.165, 1.54) is 0 Å². The zero-order valence-corrected chi connectivity index (χ0v) is 14.5. The highest BCUT2D eigenvalue weighted by molar-refractivity contribution is 5.63. The quantitative estimate of drug-likeness (QED) is 0.792. The number of hydrogen-bond donors (Lipinski definition) is 1. The molecule has 0 saturated carbocycles. The summed E-state index contributed by atoms with van der Waals surface area (Å²) < 4.78 is 7.33. The van der Waals surface area contributed by atoms with Crippen molar-refractivity contribution in [3.63, 3.8) is 0 Å². The lowest BCUT2D eigenvalue weighted by Gasteiger charge is -2.31. The van der Waals surface area contributed by atoms with Gasteiger partial charge < -0.3 is 14.6 Å². The first-order chi connectivity index (χ1) is 12.2. The maximum Gasteiger partial charge on any atom is 0.176 e. The Morgan fingerprint density at radius 3 is 2.60 bits per heavy atom. The Morgan fingerprint density at radius 2 is 1.96 bits per heavy atom. The van der Waals surface area contributed by atoms with Crippen LogP contribution in [0.1, 0.15) is 18.5 Å². The van der Waals surface area contributed by atoms with E-state index in [0.717, 1.165) is 48.8 Å². The van der Waals surface area contributed by atoms with Gasteiger partial charge in [-0.15, -0.1) is 10.2 Å². The van der Waals surface area contributed by atoms with Crippen molar-refractivity contribution in [3.8, 4) is 17.2 Å². The molecule has 1 fully saturated rings. The van der Waals surface area contributed by atoms with Gasteiger partial charge >= 0.3 is 0 Å². The van der Waals surface area contributed by atoms with Crippen LogP contribution in [0, 0.1) is 6.92 Å². The fourth-order valence-electron chi connectivity index (χ4n) is 3.20. The summed E-state index contributed by atoms with van der Waals surface area (Å²) in [6.45, 7) is 3.82. The Balaban J connectivity index is 1.70. The first-order valence-corrected chi connectivity index (χ1v) is 8.57. The molecule has 3 aromatic heterocycles. The molecule has 3 aromatic rings. The second-order valence-corrected chi connectivity index (χ2v) is 6.34. The van der Waals surface area contributed by atoms with Crippen molar-refractivity contribution < 1.29 is 4.74 Å². The van der Waals surface area contributed by atoms with E-state index in [4.69, 9.17) is 9.84 Å². The predicted molar refractivity (Wildman–Crippen MR) is 95.9 cm³/mol. The van der Waals surface area contributed by atoms with Crippen LogP contribution < -0.4 is 4.90 Å². The van der Waals surface area contributed by atoms with Crippen LogP contribution in [0.15, 0.2) is 36.5 Å². The van der Waals surface area contributed by atoms with Crippen LogP contribution in [-0.2, 0) is 4.74 Å². The summed E-state index contributed by atoms with van der Waals surface area (Å²) in [6, 6.07) is 10.0. The molecule has 4 heterocycles. The number of H-pyrrole nitrogens is 1. The summed E-state index contributed by atoms with van der Waals surface area (Å²) in [7, 11) is 1.79. The third-order valence-corrected chi connectivity index (χ3v) is 4.67. The highest BCUT2D eigenvalue weighted by Gasteiger charge is 2.23. The first kappa shape index (κ1) is 15.8. The number of nitrogens with zero attached hydrogens (tertiary/aromatic N) is 5. The van der Waals surface area contributed by atoms with E-state index in [0.29, 0.717) is 11.9 Å². The first-order valence-electron chi connectivity index (χ1n) is 8.57. The van der Waals surface area contributed by atoms with Gasteiger partial charge in [-0.2, -0.15) is 5.10 Å². The van der Waals surface area contributed by atoms with E-state index in [9.17, 15) is 0 Å². The van der Waals surface area contributed by atoms with Gasteiger partial charge in [0.05, 0.1) is 23.2 Å². The van der Waals surface area contributed by atoms with E-state index in [-0.39, 0.29) is 0 Å². The minimum atomic E-state index is 0.351. The lowest BCUT2D eigenvalue weighted by molar-refractivity contribution is 0.0818. The van der Waals surface area contributed by atoms with Gasteiger partial charge in [-0.05, 0) is 44.0 Å². The summed E-state index contributed by atoms with van der Waals surface area (Å²) in [4.78, 5) is 5.57. The molecule has 0 spiro atoms. The Hall–Kier alpha value is -2.67. The zero-order chi connectivity index (χ0) is 17.2. The van der Waals surface area contributed by atoms with Gasteiger partial charge in [0, 0.05) is 32.5 Å². The Labute approximate surface area is 146 Å². The standard InChI is InChI=1S/C18H22N6O/c1-13-5-6-17(21-20-13)24-16(15-4-3-9-19-15)12-18(22-24)23-10-7-14(25-2)8-11-23/h3-6,9,12,14,19H,7-8,10-11H2,1-2H3. The van der Waals surface area contributed by atoms with E-state index in [2.05, 4.69) is 26.1 Å². The Kier molecular flexibility index (Phi) is 4.23. The summed E-state index contributed by atoms with van der Waals surface area (Å²) in [5.74, 6) is 1.68. The normalized spacial score (nSPS) is 15.7. The monoisotopic (exact) mass is 338 g/mol. The molecule has 7 heteroatoms. The van der Waals surface area contributed by atoms with E-state index in [1.807, 2.05) is 42.1 Å². The van der Waals surface area contributed by atoms with Gasteiger partial charge in [0.1, 0.15) is 0 Å². The zero-order valence-electron chi connectivity index (χ0n) is 14.5. The highest BCUT2D eigenvalue weighted by atomic mass is 16.5. The van der Waals surface area contributed by atoms with Gasteiger partial charge in [-0.3, -0.25) is 0 Å². The number of aromatic nitrogens is 5. The third kappa shape index (κ3) is 3.15. The molecule has 4 rings (SSSR count). The molecule has 25 heavy (non-hydrogen) atoms. The van der Waals surface area contributed by atoms with Crippen molar-refractivity contribution in [2.75, 3.05) is 25.1 Å². The molecule has 1 aliphatic rings. The second-order valence-electron chi connectivity index (χ2n) is 6.34. The molecule has 0 radical (unpaired) electrons. The van der Waals surface area contributed by atoms with Crippen LogP contribution in [0.25, 0.3) is 17.2 Å². The van der Waals surface area contributed by atoms with E-state index >= 15 is 0 Å². The van der Waals surface area contributed by atoms with Crippen molar-refractivity contribution in [3.05, 3.63) is 42.2 Å². The van der Waals surface area contributed by atoms with Crippen molar-refractivity contribution in [2.45, 2.75) is 25.9 Å². The lowest BCUT2D eigenvalue weighted by atomic mass is 10.1. The maximum atomic E-state index is 5.47. The molecular weight excluding hydrogens is 316 g/mol. The van der Waals surface area contributed by atoms with E-state index < -0.39 is 0 Å². The van der Waals surface area contributed by atoms with Gasteiger partial charge in [0.2, 0.25) is 0 Å². The number of nitrogens with one attached hydrogen (secondary N) is 1. The topological polar surface area (TPSA) is 71.9 Å². The molecule has 7 nitrogen and oxygen atoms in total. The number of methoxy groups -OCH3 is 1. The fraction of sp³-hybridized carbons (Fsp3) is 0.389. The SMILES string of the molecule is COC1CCN(c2cc(-c3ccc[nH]3)n(-c3ccc(C)nn3)n2)CC1. The Bertz CT molecular complexity index is 816. The maximum absolute atomic E-state index is 5.47. The average Bonchev–Trinajstić information content (AvgIpc) is 3.32. The smallest absolute Gasteiger partial charge is 0.176 e. The molecule has 0 amide bonds. The van der Waals surface area contributed by atoms with Gasteiger partial charge in [-0.1, -0.05) is 0 Å².